The van der Waals surface area contributed by atoms with E-state index in [9.17, 15) is 18.7 Å². The number of rotatable bonds is 3. The van der Waals surface area contributed by atoms with Crippen molar-refractivity contribution in [2.75, 3.05) is 6.61 Å². The molecule has 118 valence electrons. The summed E-state index contributed by atoms with van der Waals surface area (Å²) in [6.07, 6.45) is 1.65. The summed E-state index contributed by atoms with van der Waals surface area (Å²) in [5.41, 5.74) is -2.26. The predicted octanol–water partition coefficient (Wildman–Crippen LogP) is 3.54. The van der Waals surface area contributed by atoms with Crippen molar-refractivity contribution in [3.63, 3.8) is 0 Å². The van der Waals surface area contributed by atoms with Crippen molar-refractivity contribution < 1.29 is 23.4 Å². The Bertz CT molecular complexity index is 350. The molecule has 20 heavy (non-hydrogen) atoms. The maximum absolute atomic E-state index is 14.2. The minimum Gasteiger partial charge on any atom is -0.461 e. The van der Waals surface area contributed by atoms with Gasteiger partial charge in [-0.05, 0) is 43.9 Å². The zero-order valence-electron chi connectivity index (χ0n) is 12.8. The molecule has 2 atom stereocenters. The summed E-state index contributed by atoms with van der Waals surface area (Å²) in [6.45, 7) is 7.58. The Kier molecular flexibility index (Phi) is 5.17. The van der Waals surface area contributed by atoms with Crippen LogP contribution in [0.5, 0.6) is 0 Å². The predicted molar refractivity (Wildman–Crippen MR) is 72.6 cm³/mol. The highest BCUT2D eigenvalue weighted by atomic mass is 19.3. The van der Waals surface area contributed by atoms with Crippen LogP contribution in [0.3, 0.4) is 0 Å². The van der Waals surface area contributed by atoms with E-state index in [0.29, 0.717) is 12.8 Å². The Hall–Kier alpha value is -0.710. The maximum Gasteiger partial charge on any atom is 0.380 e. The average Bonchev–Trinajstić information content (AvgIpc) is 2.52. The van der Waals surface area contributed by atoms with Gasteiger partial charge in [-0.25, -0.2) is 4.79 Å². The minimum absolute atomic E-state index is 0.0183. The molecule has 0 aromatic carbocycles. The molecule has 2 unspecified atom stereocenters. The standard InChI is InChI=1S/C15H26F2O3/c1-5-20-12(18)15(16,17)14(19)9-6-7-11(8-10-14)13(2,3)4/h11,19H,5-10H2,1-4H3. The van der Waals surface area contributed by atoms with Crippen LogP contribution in [0.15, 0.2) is 0 Å². The lowest BCUT2D eigenvalue weighted by Gasteiger charge is -2.34. The molecule has 5 heteroatoms. The minimum atomic E-state index is -3.84. The van der Waals surface area contributed by atoms with Crippen LogP contribution in [0.25, 0.3) is 0 Å². The van der Waals surface area contributed by atoms with Gasteiger partial charge in [0.05, 0.1) is 6.61 Å². The van der Waals surface area contributed by atoms with Gasteiger partial charge in [-0.2, -0.15) is 8.78 Å². The first kappa shape index (κ1) is 17.3. The van der Waals surface area contributed by atoms with E-state index in [4.69, 9.17) is 0 Å². The number of ether oxygens (including phenoxy) is 1. The van der Waals surface area contributed by atoms with Crippen LogP contribution in [0.4, 0.5) is 8.78 Å². The molecule has 0 heterocycles. The molecule has 1 aliphatic rings. The van der Waals surface area contributed by atoms with Crippen molar-refractivity contribution in [2.45, 2.75) is 71.3 Å². The van der Waals surface area contributed by atoms with Crippen LogP contribution in [0.1, 0.15) is 59.8 Å². The summed E-state index contributed by atoms with van der Waals surface area (Å²) in [6, 6.07) is 0. The summed E-state index contributed by atoms with van der Waals surface area (Å²) in [7, 11) is 0. The fourth-order valence-corrected chi connectivity index (χ4v) is 2.91. The lowest BCUT2D eigenvalue weighted by atomic mass is 9.76. The topological polar surface area (TPSA) is 46.5 Å². The molecule has 0 saturated heterocycles. The van der Waals surface area contributed by atoms with Crippen LogP contribution in [-0.4, -0.2) is 29.2 Å². The van der Waals surface area contributed by atoms with Gasteiger partial charge >= 0.3 is 11.9 Å². The van der Waals surface area contributed by atoms with Crippen molar-refractivity contribution >= 4 is 5.97 Å². The molecule has 1 saturated carbocycles. The molecule has 0 spiro atoms. The quantitative estimate of drug-likeness (QED) is 0.639. The van der Waals surface area contributed by atoms with E-state index < -0.39 is 17.5 Å². The molecular weight excluding hydrogens is 266 g/mol. The number of alkyl halides is 2. The van der Waals surface area contributed by atoms with Gasteiger partial charge in [-0.1, -0.05) is 27.2 Å². The van der Waals surface area contributed by atoms with Gasteiger partial charge in [0.15, 0.2) is 0 Å². The van der Waals surface area contributed by atoms with Crippen LogP contribution in [0, 0.1) is 11.3 Å². The second-order valence-electron chi connectivity index (χ2n) is 6.82. The average molecular weight is 292 g/mol. The Balaban J connectivity index is 2.86. The van der Waals surface area contributed by atoms with E-state index in [-0.39, 0.29) is 30.8 Å². The van der Waals surface area contributed by atoms with E-state index in [0.717, 1.165) is 6.42 Å². The van der Waals surface area contributed by atoms with Gasteiger partial charge in [0, 0.05) is 0 Å². The molecule has 0 radical (unpaired) electrons. The Labute approximate surface area is 119 Å². The zero-order chi connectivity index (χ0) is 15.6. The van der Waals surface area contributed by atoms with E-state index in [1.807, 2.05) is 0 Å². The summed E-state index contributed by atoms with van der Waals surface area (Å²) < 4.78 is 32.7. The summed E-state index contributed by atoms with van der Waals surface area (Å²) in [5.74, 6) is -5.18. The summed E-state index contributed by atoms with van der Waals surface area (Å²) in [5, 5.41) is 10.3. The van der Waals surface area contributed by atoms with Crippen LogP contribution in [0.2, 0.25) is 0 Å². The first-order chi connectivity index (χ1) is 9.04. The SMILES string of the molecule is CCOC(=O)C(F)(F)C1(O)CCCC(C(C)(C)C)CC1. The third kappa shape index (κ3) is 3.48. The third-order valence-electron chi connectivity index (χ3n) is 4.39. The monoisotopic (exact) mass is 292 g/mol. The number of hydrogen-bond acceptors (Lipinski definition) is 3. The fourth-order valence-electron chi connectivity index (χ4n) is 2.91. The first-order valence-electron chi connectivity index (χ1n) is 7.32. The van der Waals surface area contributed by atoms with Crippen LogP contribution < -0.4 is 0 Å². The molecule has 0 amide bonds. The molecule has 1 fully saturated rings. The lowest BCUT2D eigenvalue weighted by molar-refractivity contribution is -0.216. The molecule has 1 aliphatic carbocycles. The van der Waals surface area contributed by atoms with Gasteiger partial charge < -0.3 is 9.84 Å². The third-order valence-corrected chi connectivity index (χ3v) is 4.39. The molecule has 0 bridgehead atoms. The molecule has 1 rings (SSSR count). The van der Waals surface area contributed by atoms with E-state index in [1.54, 1.807) is 0 Å². The lowest BCUT2D eigenvalue weighted by Crippen LogP contribution is -2.53. The van der Waals surface area contributed by atoms with E-state index in [2.05, 4.69) is 25.5 Å². The first-order valence-corrected chi connectivity index (χ1v) is 7.32. The number of carbonyl (C=O) groups is 1. The van der Waals surface area contributed by atoms with Crippen LogP contribution >= 0.6 is 0 Å². The largest absolute Gasteiger partial charge is 0.461 e. The maximum atomic E-state index is 14.2. The van der Waals surface area contributed by atoms with Crippen molar-refractivity contribution in [3.05, 3.63) is 0 Å². The second kappa shape index (κ2) is 5.96. The van der Waals surface area contributed by atoms with Gasteiger partial charge in [0.25, 0.3) is 0 Å². The molecular formula is C15H26F2O3. The van der Waals surface area contributed by atoms with Crippen molar-refractivity contribution in [2.24, 2.45) is 11.3 Å². The highest BCUT2D eigenvalue weighted by Crippen LogP contribution is 2.45. The van der Waals surface area contributed by atoms with Gasteiger partial charge in [0.2, 0.25) is 0 Å². The van der Waals surface area contributed by atoms with E-state index >= 15 is 0 Å². The molecule has 0 aromatic heterocycles. The van der Waals surface area contributed by atoms with Gasteiger partial charge in [0.1, 0.15) is 5.60 Å². The Morgan fingerprint density at radius 1 is 1.30 bits per heavy atom. The Morgan fingerprint density at radius 3 is 2.40 bits per heavy atom. The number of halogens is 2. The number of esters is 1. The molecule has 0 aliphatic heterocycles. The molecule has 1 N–H and O–H groups in total. The van der Waals surface area contributed by atoms with Crippen molar-refractivity contribution in [1.29, 1.82) is 0 Å². The zero-order valence-corrected chi connectivity index (χ0v) is 12.8. The number of carbonyl (C=O) groups excluding carboxylic acids is 1. The van der Waals surface area contributed by atoms with Gasteiger partial charge in [-0.3, -0.25) is 0 Å². The van der Waals surface area contributed by atoms with Crippen molar-refractivity contribution in [3.8, 4) is 0 Å². The highest BCUT2D eigenvalue weighted by Gasteiger charge is 2.59. The normalized spacial score (nSPS) is 28.9. The number of hydrogen-bond donors (Lipinski definition) is 1. The van der Waals surface area contributed by atoms with Crippen LogP contribution in [-0.2, 0) is 9.53 Å². The summed E-state index contributed by atoms with van der Waals surface area (Å²) >= 11 is 0. The second-order valence-corrected chi connectivity index (χ2v) is 6.82. The van der Waals surface area contributed by atoms with Crippen molar-refractivity contribution in [1.82, 2.24) is 0 Å². The highest BCUT2D eigenvalue weighted by molar-refractivity contribution is 5.79. The molecule has 0 aromatic rings. The smallest absolute Gasteiger partial charge is 0.380 e. The van der Waals surface area contributed by atoms with E-state index in [1.165, 1.54) is 6.92 Å². The fraction of sp³-hybridized carbons (Fsp3) is 0.933. The Morgan fingerprint density at radius 2 is 1.90 bits per heavy atom. The van der Waals surface area contributed by atoms with Gasteiger partial charge in [-0.15, -0.1) is 0 Å². The number of aliphatic hydroxyl groups is 1. The summed E-state index contributed by atoms with van der Waals surface area (Å²) in [4.78, 5) is 11.4. The molecule has 3 nitrogen and oxygen atoms in total.